The van der Waals surface area contributed by atoms with Crippen LogP contribution in [0, 0.1) is 0 Å². The van der Waals surface area contributed by atoms with E-state index in [0.717, 1.165) is 23.5 Å². The van der Waals surface area contributed by atoms with E-state index in [2.05, 4.69) is 0 Å². The number of rotatable bonds is 4. The van der Waals surface area contributed by atoms with Crippen LogP contribution in [0.25, 0.3) is 0 Å². The second-order valence-corrected chi connectivity index (χ2v) is 6.19. The predicted octanol–water partition coefficient (Wildman–Crippen LogP) is 0.0350. The van der Waals surface area contributed by atoms with Gasteiger partial charge in [0.1, 0.15) is 12.2 Å². The molecular formula is C10H16O5S2. The van der Waals surface area contributed by atoms with Crippen LogP contribution < -0.4 is 0 Å². The van der Waals surface area contributed by atoms with Crippen molar-refractivity contribution in [2.24, 2.45) is 0 Å². The Balaban J connectivity index is 2.44. The zero-order valence-electron chi connectivity index (χ0n) is 9.66. The van der Waals surface area contributed by atoms with Crippen molar-refractivity contribution in [3.63, 3.8) is 0 Å². The van der Waals surface area contributed by atoms with Crippen molar-refractivity contribution in [2.75, 3.05) is 11.5 Å². The van der Waals surface area contributed by atoms with Crippen molar-refractivity contribution >= 4 is 33.8 Å². The molecule has 0 saturated carbocycles. The van der Waals surface area contributed by atoms with Gasteiger partial charge in [-0.3, -0.25) is 9.59 Å². The Morgan fingerprint density at radius 1 is 1.00 bits per heavy atom. The molecule has 0 aromatic heterocycles. The minimum Gasteiger partial charge on any atom is -0.388 e. The first kappa shape index (κ1) is 15.0. The molecule has 0 spiro atoms. The summed E-state index contributed by atoms with van der Waals surface area (Å²) in [6.07, 6.45) is -3.12. The summed E-state index contributed by atoms with van der Waals surface area (Å²) in [4.78, 5) is 21.6. The van der Waals surface area contributed by atoms with E-state index in [9.17, 15) is 19.8 Å². The van der Waals surface area contributed by atoms with Crippen LogP contribution in [0.1, 0.15) is 13.8 Å². The number of carbonyl (C=O) groups is 2. The van der Waals surface area contributed by atoms with Crippen molar-refractivity contribution in [2.45, 2.75) is 38.3 Å². The van der Waals surface area contributed by atoms with Gasteiger partial charge in [0.25, 0.3) is 0 Å². The molecule has 2 N–H and O–H groups in total. The van der Waals surface area contributed by atoms with E-state index < -0.39 is 24.4 Å². The van der Waals surface area contributed by atoms with Gasteiger partial charge in [0.2, 0.25) is 0 Å². The van der Waals surface area contributed by atoms with E-state index in [4.69, 9.17) is 4.74 Å². The van der Waals surface area contributed by atoms with Crippen molar-refractivity contribution < 1.29 is 24.5 Å². The first-order valence-corrected chi connectivity index (χ1v) is 7.17. The van der Waals surface area contributed by atoms with Gasteiger partial charge in [-0.25, -0.2) is 0 Å². The van der Waals surface area contributed by atoms with Crippen molar-refractivity contribution in [3.05, 3.63) is 0 Å². The third kappa shape index (κ3) is 4.59. The highest BCUT2D eigenvalue weighted by Gasteiger charge is 2.42. The second kappa shape index (κ2) is 6.75. The molecule has 7 heteroatoms. The molecule has 0 aromatic carbocycles. The third-order valence-corrected chi connectivity index (χ3v) is 4.17. The van der Waals surface area contributed by atoms with Gasteiger partial charge in [0, 0.05) is 25.4 Å². The number of ether oxygens (including phenoxy) is 1. The standard InChI is InChI=1S/C10H16O5S2/c1-5(11)16-3-7-9(13)10(14)8(15-7)4-17-6(2)12/h7-10,13-14H,3-4H2,1-2H3/t7-,8-,9+,10+/m0/s1. The van der Waals surface area contributed by atoms with Crippen LogP contribution in [0.4, 0.5) is 0 Å². The van der Waals surface area contributed by atoms with Gasteiger partial charge in [-0.2, -0.15) is 0 Å². The minimum absolute atomic E-state index is 0.0585. The number of hydrogen-bond acceptors (Lipinski definition) is 7. The lowest BCUT2D eigenvalue weighted by molar-refractivity contribution is -0.109. The lowest BCUT2D eigenvalue weighted by Crippen LogP contribution is -2.34. The van der Waals surface area contributed by atoms with Gasteiger partial charge in [-0.15, -0.1) is 0 Å². The summed E-state index contributed by atoms with van der Waals surface area (Å²) in [5, 5.41) is 19.3. The smallest absolute Gasteiger partial charge is 0.185 e. The van der Waals surface area contributed by atoms with Gasteiger partial charge >= 0.3 is 0 Å². The molecule has 1 heterocycles. The fourth-order valence-corrected chi connectivity index (χ4v) is 2.85. The molecule has 17 heavy (non-hydrogen) atoms. The highest BCUT2D eigenvalue weighted by atomic mass is 32.2. The van der Waals surface area contributed by atoms with Crippen LogP contribution in [-0.4, -0.2) is 56.4 Å². The Morgan fingerprint density at radius 3 is 1.65 bits per heavy atom. The molecule has 0 radical (unpaired) electrons. The first-order chi connectivity index (χ1) is 7.91. The number of hydrogen-bond donors (Lipinski definition) is 2. The first-order valence-electron chi connectivity index (χ1n) is 5.20. The Morgan fingerprint density at radius 2 is 1.35 bits per heavy atom. The lowest BCUT2D eigenvalue weighted by Gasteiger charge is -2.12. The maximum Gasteiger partial charge on any atom is 0.185 e. The van der Waals surface area contributed by atoms with Gasteiger partial charge < -0.3 is 14.9 Å². The number of aliphatic hydroxyl groups is 2. The molecule has 0 bridgehead atoms. The van der Waals surface area contributed by atoms with Crippen molar-refractivity contribution in [3.8, 4) is 0 Å². The van der Waals surface area contributed by atoms with Gasteiger partial charge in [0.15, 0.2) is 10.2 Å². The quantitative estimate of drug-likeness (QED) is 0.752. The molecule has 0 amide bonds. The lowest BCUT2D eigenvalue weighted by atomic mass is 10.1. The summed E-state index contributed by atoms with van der Waals surface area (Å²) in [5.41, 5.74) is 0. The van der Waals surface area contributed by atoms with Gasteiger partial charge in [-0.05, 0) is 0 Å². The molecule has 0 aromatic rings. The third-order valence-electron chi connectivity index (χ3n) is 2.36. The van der Waals surface area contributed by atoms with Crippen LogP contribution >= 0.6 is 23.5 Å². The minimum atomic E-state index is -1.00. The van der Waals surface area contributed by atoms with Crippen LogP contribution in [0.15, 0.2) is 0 Å². The number of thioether (sulfide) groups is 2. The van der Waals surface area contributed by atoms with E-state index >= 15 is 0 Å². The molecule has 98 valence electrons. The van der Waals surface area contributed by atoms with Crippen LogP contribution in [0.2, 0.25) is 0 Å². The Hall–Kier alpha value is -0.0800. The number of carbonyl (C=O) groups excluding carboxylic acids is 2. The molecule has 4 atom stereocenters. The van der Waals surface area contributed by atoms with Crippen LogP contribution in [0.3, 0.4) is 0 Å². The Bertz CT molecular complexity index is 268. The van der Waals surface area contributed by atoms with Gasteiger partial charge in [-0.1, -0.05) is 23.5 Å². The number of aliphatic hydroxyl groups excluding tert-OH is 2. The summed E-state index contributed by atoms with van der Waals surface area (Å²) in [5.74, 6) is 0.629. The van der Waals surface area contributed by atoms with E-state index in [1.54, 1.807) is 0 Å². The largest absolute Gasteiger partial charge is 0.388 e. The molecule has 1 rings (SSSR count). The van der Waals surface area contributed by atoms with Gasteiger partial charge in [0.05, 0.1) is 12.2 Å². The van der Waals surface area contributed by atoms with E-state index in [1.165, 1.54) is 13.8 Å². The normalized spacial score (nSPS) is 32.7. The van der Waals surface area contributed by atoms with E-state index in [0.29, 0.717) is 11.5 Å². The molecule has 0 aliphatic carbocycles. The molecular weight excluding hydrogens is 264 g/mol. The topological polar surface area (TPSA) is 83.8 Å². The molecule has 1 fully saturated rings. The molecule has 5 nitrogen and oxygen atoms in total. The summed E-state index contributed by atoms with van der Waals surface area (Å²) in [6.45, 7) is 2.87. The zero-order valence-corrected chi connectivity index (χ0v) is 11.3. The van der Waals surface area contributed by atoms with Crippen molar-refractivity contribution in [1.82, 2.24) is 0 Å². The molecule has 1 saturated heterocycles. The molecule has 1 aliphatic rings. The average molecular weight is 280 g/mol. The summed E-state index contributed by atoms with van der Waals surface area (Å²) in [7, 11) is 0. The highest BCUT2D eigenvalue weighted by Crippen LogP contribution is 2.26. The maximum absolute atomic E-state index is 10.8. The fraction of sp³-hybridized carbons (Fsp3) is 0.800. The zero-order chi connectivity index (χ0) is 13.0. The summed E-state index contributed by atoms with van der Waals surface area (Å²) >= 11 is 2.10. The Labute approximate surface area is 108 Å². The van der Waals surface area contributed by atoms with E-state index in [-0.39, 0.29) is 10.2 Å². The second-order valence-electron chi connectivity index (χ2n) is 3.80. The van der Waals surface area contributed by atoms with Crippen LogP contribution in [-0.2, 0) is 14.3 Å². The fourth-order valence-electron chi connectivity index (χ4n) is 1.50. The summed E-state index contributed by atoms with van der Waals surface area (Å²) < 4.78 is 5.44. The average Bonchev–Trinajstić information content (AvgIpc) is 2.51. The molecule has 0 unspecified atom stereocenters. The van der Waals surface area contributed by atoms with Crippen LogP contribution in [0.5, 0.6) is 0 Å². The van der Waals surface area contributed by atoms with E-state index in [1.807, 2.05) is 0 Å². The van der Waals surface area contributed by atoms with Crippen molar-refractivity contribution in [1.29, 1.82) is 0 Å². The SMILES string of the molecule is CC(=O)SC[C@@H]1O[C@@H](CSC(C)=O)[C@@H](O)[C@@H]1O. The summed E-state index contributed by atoms with van der Waals surface area (Å²) in [6, 6.07) is 0. The molecule has 1 aliphatic heterocycles. The monoisotopic (exact) mass is 280 g/mol. The Kier molecular flexibility index (Phi) is 5.94. The predicted molar refractivity (Wildman–Crippen MR) is 67.0 cm³/mol. The maximum atomic E-state index is 10.8. The highest BCUT2D eigenvalue weighted by molar-refractivity contribution is 8.13.